The van der Waals surface area contributed by atoms with E-state index in [2.05, 4.69) is 26.0 Å². The molecule has 4 aliphatic carbocycles. The van der Waals surface area contributed by atoms with Gasteiger partial charge in [-0.1, -0.05) is 31.6 Å². The molecule has 2 saturated carbocycles. The summed E-state index contributed by atoms with van der Waals surface area (Å²) < 4.78 is 10.6. The predicted octanol–water partition coefficient (Wildman–Crippen LogP) is 4.63. The number of carbonyl (C=O) groups excluding carboxylic acids is 2. The van der Waals surface area contributed by atoms with Gasteiger partial charge in [-0.3, -0.25) is 19.7 Å². The monoisotopic (exact) mass is 445 g/mol. The maximum absolute atomic E-state index is 11.9. The predicted molar refractivity (Wildman–Crippen MR) is 118 cm³/mol. The zero-order chi connectivity index (χ0) is 23.3. The SMILES string of the molecule is CC(=O)OCC(C1=CC[C@H]2C3CC=C4C[C@@H](OC(C)=O)CC[C@]4(C)[C@H]3CC[C@]12C)[N+](=O)[O-]. The summed E-state index contributed by atoms with van der Waals surface area (Å²) in [5, 5.41) is 11.9. The summed E-state index contributed by atoms with van der Waals surface area (Å²) in [6.07, 6.45) is 11.0. The van der Waals surface area contributed by atoms with Gasteiger partial charge in [-0.25, -0.2) is 0 Å². The van der Waals surface area contributed by atoms with E-state index in [1.54, 1.807) is 0 Å². The van der Waals surface area contributed by atoms with Gasteiger partial charge < -0.3 is 9.47 Å². The normalized spacial score (nSPS) is 38.9. The van der Waals surface area contributed by atoms with E-state index in [-0.39, 0.29) is 34.4 Å². The van der Waals surface area contributed by atoms with E-state index in [9.17, 15) is 19.7 Å². The van der Waals surface area contributed by atoms with Crippen molar-refractivity contribution in [2.75, 3.05) is 6.61 Å². The van der Waals surface area contributed by atoms with Crippen LogP contribution in [0.15, 0.2) is 23.3 Å². The summed E-state index contributed by atoms with van der Waals surface area (Å²) >= 11 is 0. The average molecular weight is 446 g/mol. The van der Waals surface area contributed by atoms with E-state index in [0.717, 1.165) is 50.5 Å². The first-order valence-corrected chi connectivity index (χ1v) is 11.9. The van der Waals surface area contributed by atoms with Crippen molar-refractivity contribution in [3.8, 4) is 0 Å². The van der Waals surface area contributed by atoms with E-state index in [1.165, 1.54) is 19.4 Å². The molecular formula is C25H35NO6. The molecule has 0 aromatic rings. The molecule has 0 aromatic carbocycles. The van der Waals surface area contributed by atoms with Crippen molar-refractivity contribution in [3.05, 3.63) is 33.4 Å². The van der Waals surface area contributed by atoms with Crippen molar-refractivity contribution in [1.29, 1.82) is 0 Å². The molecule has 7 heteroatoms. The molecule has 0 bridgehead atoms. The second-order valence-corrected chi connectivity index (χ2v) is 10.7. The number of carbonyl (C=O) groups is 2. The van der Waals surface area contributed by atoms with Gasteiger partial charge in [-0.05, 0) is 67.1 Å². The minimum absolute atomic E-state index is 0.0147. The van der Waals surface area contributed by atoms with Gasteiger partial charge in [-0.15, -0.1) is 0 Å². The Labute approximate surface area is 189 Å². The van der Waals surface area contributed by atoms with Crippen molar-refractivity contribution in [3.63, 3.8) is 0 Å². The van der Waals surface area contributed by atoms with Gasteiger partial charge >= 0.3 is 11.9 Å². The molecule has 0 spiro atoms. The van der Waals surface area contributed by atoms with Crippen molar-refractivity contribution in [2.24, 2.45) is 28.6 Å². The third-order valence-electron chi connectivity index (χ3n) is 9.09. The van der Waals surface area contributed by atoms with Crippen LogP contribution >= 0.6 is 0 Å². The number of nitro groups is 1. The molecule has 32 heavy (non-hydrogen) atoms. The smallest absolute Gasteiger partial charge is 0.302 e. The Morgan fingerprint density at radius 1 is 1.09 bits per heavy atom. The molecule has 0 N–H and O–H groups in total. The van der Waals surface area contributed by atoms with Gasteiger partial charge in [0.15, 0.2) is 6.61 Å². The number of hydrogen-bond acceptors (Lipinski definition) is 6. The first-order valence-electron chi connectivity index (χ1n) is 11.9. The van der Waals surface area contributed by atoms with E-state index in [1.807, 2.05) is 0 Å². The minimum atomic E-state index is -0.963. The molecular weight excluding hydrogens is 410 g/mol. The summed E-state index contributed by atoms with van der Waals surface area (Å²) in [4.78, 5) is 34.3. The molecule has 2 fully saturated rings. The van der Waals surface area contributed by atoms with E-state index in [0.29, 0.717) is 17.8 Å². The van der Waals surface area contributed by atoms with E-state index in [4.69, 9.17) is 9.47 Å². The number of rotatable bonds is 5. The van der Waals surface area contributed by atoms with Gasteiger partial charge in [0.1, 0.15) is 6.10 Å². The molecule has 0 amide bonds. The number of allylic oxidation sites excluding steroid dienone is 2. The Morgan fingerprint density at radius 3 is 2.47 bits per heavy atom. The summed E-state index contributed by atoms with van der Waals surface area (Å²) in [5.74, 6) is 0.719. The van der Waals surface area contributed by atoms with Gasteiger partial charge in [0, 0.05) is 30.8 Å². The first-order chi connectivity index (χ1) is 15.1. The fraction of sp³-hybridized carbons (Fsp3) is 0.760. The van der Waals surface area contributed by atoms with Crippen LogP contribution in [0, 0.1) is 38.7 Å². The lowest BCUT2D eigenvalue weighted by Gasteiger charge is -2.57. The maximum Gasteiger partial charge on any atom is 0.302 e. The second-order valence-electron chi connectivity index (χ2n) is 10.7. The highest BCUT2D eigenvalue weighted by Crippen LogP contribution is 2.65. The zero-order valence-electron chi connectivity index (χ0n) is 19.6. The Hall–Kier alpha value is -2.18. The minimum Gasteiger partial charge on any atom is -0.462 e. The number of ether oxygens (including phenoxy) is 2. The summed E-state index contributed by atoms with van der Waals surface area (Å²) in [7, 11) is 0. The van der Waals surface area contributed by atoms with Crippen LogP contribution in [0.25, 0.3) is 0 Å². The van der Waals surface area contributed by atoms with Crippen molar-refractivity contribution in [1.82, 2.24) is 0 Å². The average Bonchev–Trinajstić information content (AvgIpc) is 3.05. The summed E-state index contributed by atoms with van der Waals surface area (Å²) in [5.41, 5.74) is 2.18. The molecule has 4 rings (SSSR count). The van der Waals surface area contributed by atoms with Crippen molar-refractivity contribution < 1.29 is 24.0 Å². The van der Waals surface area contributed by atoms with Gasteiger partial charge in [0.25, 0.3) is 6.04 Å². The van der Waals surface area contributed by atoms with Gasteiger partial charge in [0.05, 0.1) is 0 Å². The Bertz CT molecular complexity index is 878. The summed E-state index contributed by atoms with van der Waals surface area (Å²) in [6, 6.07) is -0.963. The van der Waals surface area contributed by atoms with Crippen LogP contribution in [0.4, 0.5) is 0 Å². The lowest BCUT2D eigenvalue weighted by atomic mass is 9.47. The summed E-state index contributed by atoms with van der Waals surface area (Å²) in [6.45, 7) is 7.15. The largest absolute Gasteiger partial charge is 0.462 e. The van der Waals surface area contributed by atoms with Gasteiger partial charge in [0.2, 0.25) is 0 Å². The molecule has 7 atom stereocenters. The van der Waals surface area contributed by atoms with Crippen LogP contribution in [0.1, 0.15) is 72.6 Å². The molecule has 0 radical (unpaired) electrons. The highest BCUT2D eigenvalue weighted by atomic mass is 16.6. The fourth-order valence-corrected chi connectivity index (χ4v) is 7.54. The first kappa shape index (κ1) is 23.0. The molecule has 0 aromatic heterocycles. The third kappa shape index (κ3) is 3.77. The Balaban J connectivity index is 1.55. The maximum atomic E-state index is 11.9. The van der Waals surface area contributed by atoms with Crippen LogP contribution in [-0.2, 0) is 19.1 Å². The topological polar surface area (TPSA) is 95.7 Å². The Morgan fingerprint density at radius 2 is 1.81 bits per heavy atom. The van der Waals surface area contributed by atoms with E-state index < -0.39 is 12.0 Å². The molecule has 0 heterocycles. The second kappa shape index (κ2) is 8.31. The molecule has 0 aliphatic heterocycles. The number of nitrogens with zero attached hydrogens (tertiary/aromatic N) is 1. The number of esters is 2. The zero-order valence-corrected chi connectivity index (χ0v) is 19.6. The van der Waals surface area contributed by atoms with Crippen LogP contribution in [-0.4, -0.2) is 35.6 Å². The van der Waals surface area contributed by atoms with Crippen LogP contribution in [0.2, 0.25) is 0 Å². The lowest BCUT2D eigenvalue weighted by Crippen LogP contribution is -2.51. The lowest BCUT2D eigenvalue weighted by molar-refractivity contribution is -0.517. The Kier molecular flexibility index (Phi) is 5.97. The number of hydrogen-bond donors (Lipinski definition) is 0. The molecule has 7 nitrogen and oxygen atoms in total. The molecule has 2 unspecified atom stereocenters. The highest BCUT2D eigenvalue weighted by molar-refractivity contribution is 5.66. The van der Waals surface area contributed by atoms with Crippen molar-refractivity contribution in [2.45, 2.75) is 84.8 Å². The number of fused-ring (bicyclic) bond motifs is 5. The molecule has 176 valence electrons. The van der Waals surface area contributed by atoms with E-state index >= 15 is 0 Å². The highest BCUT2D eigenvalue weighted by Gasteiger charge is 2.59. The van der Waals surface area contributed by atoms with Gasteiger partial charge in [-0.2, -0.15) is 0 Å². The van der Waals surface area contributed by atoms with Crippen LogP contribution in [0.3, 0.4) is 0 Å². The van der Waals surface area contributed by atoms with Crippen LogP contribution < -0.4 is 0 Å². The third-order valence-corrected chi connectivity index (χ3v) is 9.09. The van der Waals surface area contributed by atoms with Crippen molar-refractivity contribution >= 4 is 11.9 Å². The van der Waals surface area contributed by atoms with Crippen LogP contribution in [0.5, 0.6) is 0 Å². The molecule has 0 saturated heterocycles. The fourth-order valence-electron chi connectivity index (χ4n) is 7.54. The standard InChI is InChI=1S/C25H35NO6/c1-15(27)31-14-23(26(29)30)22-8-7-20-19-6-5-17-13-18(32-16(2)28)9-11-24(17,3)21(19)10-12-25(20,22)4/h5,8,18-21,23H,6-7,9-14H2,1-4H3/t18-,19?,20-,21-,23?,24-,25-/m0/s1. The molecule has 4 aliphatic rings. The quantitative estimate of drug-likeness (QED) is 0.265.